The molecular formula is C32H21N3O. The molecule has 0 amide bonds. The van der Waals surface area contributed by atoms with Crippen molar-refractivity contribution in [3.8, 4) is 5.69 Å². The second-order valence-electron chi connectivity index (χ2n) is 8.88. The largest absolute Gasteiger partial charge is 0.456 e. The Hall–Kier alpha value is -4.96. The Kier molecular flexibility index (Phi) is 4.57. The number of amidine groups is 1. The van der Waals surface area contributed by atoms with Gasteiger partial charge in [-0.1, -0.05) is 78.9 Å². The molecule has 5 aromatic carbocycles. The van der Waals surface area contributed by atoms with Crippen LogP contribution in [0.25, 0.3) is 49.4 Å². The number of aliphatic imine (C=N–C) groups is 1. The van der Waals surface area contributed by atoms with Gasteiger partial charge in [-0.3, -0.25) is 5.41 Å². The number of nitrogens with one attached hydrogen (secondary N) is 1. The van der Waals surface area contributed by atoms with E-state index in [1.54, 1.807) is 6.21 Å². The van der Waals surface area contributed by atoms with Crippen LogP contribution in [0, 0.1) is 5.41 Å². The fourth-order valence-corrected chi connectivity index (χ4v) is 5.02. The zero-order valence-electron chi connectivity index (χ0n) is 19.3. The minimum Gasteiger partial charge on any atom is -0.456 e. The number of para-hydroxylation sites is 2. The molecule has 2 aromatic heterocycles. The van der Waals surface area contributed by atoms with Crippen molar-refractivity contribution in [3.05, 3.63) is 126 Å². The SMILES string of the molecule is N=C(/N=C/c1cccc(-n2c3ccccc3c3cc4oc5ccccc5c4cc32)c1)c1ccccc1. The first kappa shape index (κ1) is 20.4. The molecule has 0 atom stereocenters. The number of nitrogens with zero attached hydrogens (tertiary/aromatic N) is 2. The van der Waals surface area contributed by atoms with E-state index in [9.17, 15) is 0 Å². The van der Waals surface area contributed by atoms with E-state index < -0.39 is 0 Å². The summed E-state index contributed by atoms with van der Waals surface area (Å²) in [6.45, 7) is 0. The van der Waals surface area contributed by atoms with Crippen LogP contribution in [0.2, 0.25) is 0 Å². The number of fused-ring (bicyclic) bond motifs is 6. The van der Waals surface area contributed by atoms with Gasteiger partial charge >= 0.3 is 0 Å². The van der Waals surface area contributed by atoms with Crippen LogP contribution in [0.4, 0.5) is 0 Å². The minimum atomic E-state index is 0.243. The van der Waals surface area contributed by atoms with Gasteiger partial charge in [0.1, 0.15) is 11.2 Å². The Bertz CT molecular complexity index is 1960. The lowest BCUT2D eigenvalue weighted by atomic mass is 10.1. The zero-order valence-corrected chi connectivity index (χ0v) is 19.3. The van der Waals surface area contributed by atoms with E-state index in [4.69, 9.17) is 9.83 Å². The van der Waals surface area contributed by atoms with Crippen LogP contribution in [0.15, 0.2) is 125 Å². The van der Waals surface area contributed by atoms with Crippen molar-refractivity contribution in [2.45, 2.75) is 0 Å². The Morgan fingerprint density at radius 2 is 1.42 bits per heavy atom. The van der Waals surface area contributed by atoms with Crippen molar-refractivity contribution in [2.24, 2.45) is 4.99 Å². The zero-order chi connectivity index (χ0) is 24.1. The smallest absolute Gasteiger partial charge is 0.151 e. The van der Waals surface area contributed by atoms with Crippen LogP contribution in [0.3, 0.4) is 0 Å². The Labute approximate surface area is 207 Å². The van der Waals surface area contributed by atoms with Crippen LogP contribution in [-0.2, 0) is 0 Å². The molecule has 0 aliphatic heterocycles. The lowest BCUT2D eigenvalue weighted by Crippen LogP contribution is -1.97. The molecule has 0 aliphatic rings. The summed E-state index contributed by atoms with van der Waals surface area (Å²) in [7, 11) is 0. The average molecular weight is 464 g/mol. The summed E-state index contributed by atoms with van der Waals surface area (Å²) < 4.78 is 8.48. The van der Waals surface area contributed by atoms with Gasteiger partial charge in [0.2, 0.25) is 0 Å². The van der Waals surface area contributed by atoms with Crippen molar-refractivity contribution in [2.75, 3.05) is 0 Å². The monoisotopic (exact) mass is 463 g/mol. The quantitative estimate of drug-likeness (QED) is 0.209. The fraction of sp³-hybridized carbons (Fsp3) is 0. The number of benzene rings is 5. The highest BCUT2D eigenvalue weighted by atomic mass is 16.3. The molecule has 0 saturated heterocycles. The molecule has 0 fully saturated rings. The molecule has 170 valence electrons. The number of furan rings is 1. The molecule has 36 heavy (non-hydrogen) atoms. The summed E-state index contributed by atoms with van der Waals surface area (Å²) in [6, 6.07) is 38.9. The van der Waals surface area contributed by atoms with E-state index in [0.717, 1.165) is 55.2 Å². The highest BCUT2D eigenvalue weighted by molar-refractivity contribution is 6.17. The van der Waals surface area contributed by atoms with Crippen molar-refractivity contribution in [1.82, 2.24) is 4.57 Å². The molecule has 7 aromatic rings. The van der Waals surface area contributed by atoms with Crippen LogP contribution in [0.1, 0.15) is 11.1 Å². The third kappa shape index (κ3) is 3.23. The predicted octanol–water partition coefficient (Wildman–Crippen LogP) is 8.13. The second-order valence-corrected chi connectivity index (χ2v) is 8.88. The normalized spacial score (nSPS) is 11.9. The van der Waals surface area contributed by atoms with Crippen molar-refractivity contribution >= 4 is 55.8 Å². The third-order valence-electron chi connectivity index (χ3n) is 6.69. The maximum absolute atomic E-state index is 8.30. The molecular weight excluding hydrogens is 442 g/mol. The molecule has 0 radical (unpaired) electrons. The highest BCUT2D eigenvalue weighted by Gasteiger charge is 2.16. The Morgan fingerprint density at radius 1 is 0.639 bits per heavy atom. The van der Waals surface area contributed by atoms with Gasteiger partial charge in [-0.2, -0.15) is 0 Å². The van der Waals surface area contributed by atoms with E-state index in [0.29, 0.717) is 0 Å². The van der Waals surface area contributed by atoms with E-state index in [2.05, 4.69) is 64.2 Å². The van der Waals surface area contributed by atoms with Crippen LogP contribution in [-0.4, -0.2) is 16.6 Å². The van der Waals surface area contributed by atoms with E-state index in [-0.39, 0.29) is 5.84 Å². The van der Waals surface area contributed by atoms with Crippen molar-refractivity contribution in [1.29, 1.82) is 5.41 Å². The first-order valence-electron chi connectivity index (χ1n) is 11.9. The minimum absolute atomic E-state index is 0.243. The molecule has 0 aliphatic carbocycles. The number of aromatic nitrogens is 1. The third-order valence-corrected chi connectivity index (χ3v) is 6.69. The van der Waals surface area contributed by atoms with Gasteiger partial charge in [0, 0.05) is 39.0 Å². The lowest BCUT2D eigenvalue weighted by molar-refractivity contribution is 0.669. The van der Waals surface area contributed by atoms with Crippen molar-refractivity contribution in [3.63, 3.8) is 0 Å². The highest BCUT2D eigenvalue weighted by Crippen LogP contribution is 2.38. The maximum Gasteiger partial charge on any atom is 0.151 e. The van der Waals surface area contributed by atoms with Gasteiger partial charge in [-0.05, 0) is 42.0 Å². The molecule has 1 N–H and O–H groups in total. The summed E-state index contributed by atoms with van der Waals surface area (Å²) in [6.07, 6.45) is 1.76. The Morgan fingerprint density at radius 3 is 2.31 bits per heavy atom. The Balaban J connectivity index is 1.41. The van der Waals surface area contributed by atoms with Crippen molar-refractivity contribution < 1.29 is 4.42 Å². The molecule has 0 unspecified atom stereocenters. The summed E-state index contributed by atoms with van der Waals surface area (Å²) in [5.74, 6) is 0.243. The summed E-state index contributed by atoms with van der Waals surface area (Å²) >= 11 is 0. The summed E-state index contributed by atoms with van der Waals surface area (Å²) in [4.78, 5) is 4.42. The number of hydrogen-bond donors (Lipinski definition) is 1. The predicted molar refractivity (Wildman–Crippen MR) is 149 cm³/mol. The molecule has 0 spiro atoms. The summed E-state index contributed by atoms with van der Waals surface area (Å²) in [5, 5.41) is 12.9. The number of hydrogen-bond acceptors (Lipinski definition) is 2. The number of rotatable bonds is 3. The molecule has 0 bridgehead atoms. The first-order chi connectivity index (χ1) is 17.8. The van der Waals surface area contributed by atoms with Gasteiger partial charge in [-0.15, -0.1) is 0 Å². The van der Waals surface area contributed by atoms with Gasteiger partial charge < -0.3 is 8.98 Å². The second kappa shape index (κ2) is 8.07. The topological polar surface area (TPSA) is 54.3 Å². The molecule has 2 heterocycles. The molecule has 0 saturated carbocycles. The van der Waals surface area contributed by atoms with Gasteiger partial charge in [0.05, 0.1) is 11.0 Å². The van der Waals surface area contributed by atoms with E-state index in [1.165, 1.54) is 5.39 Å². The van der Waals surface area contributed by atoms with Crippen LogP contribution in [0.5, 0.6) is 0 Å². The first-order valence-corrected chi connectivity index (χ1v) is 11.9. The van der Waals surface area contributed by atoms with E-state index >= 15 is 0 Å². The fourth-order valence-electron chi connectivity index (χ4n) is 5.02. The maximum atomic E-state index is 8.30. The van der Waals surface area contributed by atoms with Crippen LogP contribution < -0.4 is 0 Å². The van der Waals surface area contributed by atoms with E-state index in [1.807, 2.05) is 60.7 Å². The van der Waals surface area contributed by atoms with Gasteiger partial charge in [-0.25, -0.2) is 4.99 Å². The van der Waals surface area contributed by atoms with Crippen LogP contribution >= 0.6 is 0 Å². The van der Waals surface area contributed by atoms with Gasteiger partial charge in [0.25, 0.3) is 0 Å². The lowest BCUT2D eigenvalue weighted by Gasteiger charge is -2.09. The average Bonchev–Trinajstić information content (AvgIpc) is 3.46. The summed E-state index contributed by atoms with van der Waals surface area (Å²) in [5.41, 5.74) is 6.83. The molecule has 7 rings (SSSR count). The molecule has 4 nitrogen and oxygen atoms in total. The standard InChI is InChI=1S/C32H21N3O/c33-32(22-10-2-1-3-11-22)34-20-21-9-8-12-23(17-21)35-28-15-6-4-13-24(28)26-19-31-27(18-29(26)35)25-14-5-7-16-30(25)36-31/h1-20,33H/b33-32?,34-20+. The van der Waals surface area contributed by atoms with Gasteiger partial charge in [0.15, 0.2) is 5.84 Å². The molecule has 4 heteroatoms.